The molecule has 0 bridgehead atoms. The van der Waals surface area contributed by atoms with Crippen LogP contribution in [0.1, 0.15) is 58.8 Å². The number of ether oxygens (including phenoxy) is 6. The van der Waals surface area contributed by atoms with Gasteiger partial charge in [-0.3, -0.25) is 10.0 Å². The third-order valence-corrected chi connectivity index (χ3v) is 7.03. The lowest BCUT2D eigenvalue weighted by molar-refractivity contribution is -0.0117. The van der Waals surface area contributed by atoms with Gasteiger partial charge in [0.15, 0.2) is 23.0 Å². The summed E-state index contributed by atoms with van der Waals surface area (Å²) in [5, 5.41) is 10.7. The van der Waals surface area contributed by atoms with E-state index in [9.17, 15) is 10.0 Å². The smallest absolute Gasteiger partial charge is 0.289 e. The number of carbonyl (C=O) groups excluding carboxylic acids is 1. The van der Waals surface area contributed by atoms with Gasteiger partial charge in [0.05, 0.1) is 47.8 Å². The van der Waals surface area contributed by atoms with Crippen molar-refractivity contribution in [1.29, 1.82) is 0 Å². The molecule has 1 aliphatic heterocycles. The predicted octanol–water partition coefficient (Wildman–Crippen LogP) is 5.79. The summed E-state index contributed by atoms with van der Waals surface area (Å²) in [4.78, 5) is 12.5. The average Bonchev–Trinajstić information content (AvgIpc) is 3.53. The van der Waals surface area contributed by atoms with E-state index in [1.807, 2.05) is 31.2 Å². The Morgan fingerprint density at radius 1 is 0.929 bits per heavy atom. The number of hydrogen-bond acceptors (Lipinski definition) is 8. The zero-order chi connectivity index (χ0) is 30.1. The van der Waals surface area contributed by atoms with Crippen molar-refractivity contribution in [3.8, 4) is 40.7 Å². The quantitative estimate of drug-likeness (QED) is 0.133. The van der Waals surface area contributed by atoms with Crippen molar-refractivity contribution in [3.63, 3.8) is 0 Å². The Morgan fingerprint density at radius 3 is 2.19 bits per heavy atom. The van der Waals surface area contributed by atoms with E-state index >= 15 is 0 Å². The number of benzene rings is 3. The van der Waals surface area contributed by atoms with Gasteiger partial charge < -0.3 is 28.4 Å². The SMILES string of the molecule is CCCOc1c(CC#CN(O)C(=O)c2ccccc2)cc(C2COC(c3cc(OC)c(OC)c(OC)c3)C2)cc1OC. The number of hydroxylamine groups is 2. The molecule has 9 nitrogen and oxygen atoms in total. The molecule has 9 heteroatoms. The summed E-state index contributed by atoms with van der Waals surface area (Å²) in [6, 6.07) is 18.9. The number of amides is 1. The largest absolute Gasteiger partial charge is 0.493 e. The number of hydrogen-bond donors (Lipinski definition) is 1. The molecule has 1 aliphatic rings. The molecule has 1 N–H and O–H groups in total. The molecular weight excluding hydrogens is 538 g/mol. The highest BCUT2D eigenvalue weighted by atomic mass is 16.5. The van der Waals surface area contributed by atoms with Gasteiger partial charge in [0.2, 0.25) is 5.75 Å². The normalized spacial score (nSPS) is 15.8. The van der Waals surface area contributed by atoms with Gasteiger partial charge in [-0.25, -0.2) is 0 Å². The maximum atomic E-state index is 12.5. The molecule has 3 aromatic rings. The molecule has 42 heavy (non-hydrogen) atoms. The van der Waals surface area contributed by atoms with Gasteiger partial charge in [0.1, 0.15) is 0 Å². The van der Waals surface area contributed by atoms with E-state index in [1.54, 1.807) is 58.8 Å². The average molecular weight is 576 g/mol. The van der Waals surface area contributed by atoms with Crippen LogP contribution in [0.15, 0.2) is 54.6 Å². The van der Waals surface area contributed by atoms with Crippen LogP contribution >= 0.6 is 0 Å². The third kappa shape index (κ3) is 6.90. The molecule has 4 rings (SSSR count). The summed E-state index contributed by atoms with van der Waals surface area (Å²) in [7, 11) is 6.35. The van der Waals surface area contributed by atoms with E-state index in [2.05, 4.69) is 12.0 Å². The minimum atomic E-state index is -0.599. The molecule has 1 fully saturated rings. The van der Waals surface area contributed by atoms with Gasteiger partial charge in [-0.15, -0.1) is 5.06 Å². The van der Waals surface area contributed by atoms with Crippen LogP contribution in [-0.2, 0) is 11.2 Å². The summed E-state index contributed by atoms with van der Waals surface area (Å²) in [5.41, 5.74) is 3.08. The number of carbonyl (C=O) groups is 1. The van der Waals surface area contributed by atoms with Crippen LogP contribution < -0.4 is 23.7 Å². The molecule has 0 saturated carbocycles. The van der Waals surface area contributed by atoms with Gasteiger partial charge in [-0.2, -0.15) is 0 Å². The van der Waals surface area contributed by atoms with Crippen LogP contribution in [0.3, 0.4) is 0 Å². The van der Waals surface area contributed by atoms with Crippen LogP contribution in [0.4, 0.5) is 0 Å². The Hall–Kier alpha value is -4.39. The van der Waals surface area contributed by atoms with Crippen LogP contribution in [0.25, 0.3) is 0 Å². The summed E-state index contributed by atoms with van der Waals surface area (Å²) >= 11 is 0. The molecule has 0 radical (unpaired) electrons. The van der Waals surface area contributed by atoms with Crippen molar-refractivity contribution in [1.82, 2.24) is 5.06 Å². The zero-order valence-electron chi connectivity index (χ0n) is 24.6. The van der Waals surface area contributed by atoms with Crippen LogP contribution in [-0.4, -0.2) is 57.8 Å². The first kappa shape index (κ1) is 30.6. The van der Waals surface area contributed by atoms with E-state index in [0.29, 0.717) is 52.6 Å². The van der Waals surface area contributed by atoms with Crippen molar-refractivity contribution in [3.05, 3.63) is 76.9 Å². The fourth-order valence-electron chi connectivity index (χ4n) is 4.91. The van der Waals surface area contributed by atoms with E-state index < -0.39 is 5.91 Å². The summed E-state index contributed by atoms with van der Waals surface area (Å²) in [5.74, 6) is 5.24. The molecule has 0 aliphatic carbocycles. The first-order chi connectivity index (χ1) is 20.4. The van der Waals surface area contributed by atoms with Gasteiger partial charge in [0, 0.05) is 29.5 Å². The number of rotatable bonds is 11. The first-order valence-corrected chi connectivity index (χ1v) is 13.8. The van der Waals surface area contributed by atoms with Gasteiger partial charge in [-0.05, 0) is 54.3 Å². The highest BCUT2D eigenvalue weighted by Crippen LogP contribution is 2.46. The predicted molar refractivity (Wildman–Crippen MR) is 157 cm³/mol. The molecule has 0 aromatic heterocycles. The number of methoxy groups -OCH3 is 4. The van der Waals surface area contributed by atoms with E-state index in [1.165, 1.54) is 0 Å². The summed E-state index contributed by atoms with van der Waals surface area (Å²) in [6.45, 7) is 3.03. The Balaban J connectivity index is 1.59. The lowest BCUT2D eigenvalue weighted by Gasteiger charge is -2.18. The second kappa shape index (κ2) is 14.5. The standard InChI is InChI=1S/C33H37NO8/c1-6-15-41-31-23(13-10-14-34(36)33(35)22-11-8-7-9-12-22)16-24(17-28(31)37-2)26-20-27(42-21-26)25-18-29(38-3)32(40-5)30(19-25)39-4/h7-9,11-12,16-19,26-27,36H,6,13,15,20-21H2,1-5H3. The van der Waals surface area contributed by atoms with Gasteiger partial charge in [-0.1, -0.05) is 37.1 Å². The van der Waals surface area contributed by atoms with Crippen molar-refractivity contribution in [2.75, 3.05) is 41.7 Å². The van der Waals surface area contributed by atoms with Crippen LogP contribution in [0.2, 0.25) is 0 Å². The maximum Gasteiger partial charge on any atom is 0.289 e. The minimum absolute atomic E-state index is 0.0731. The fraction of sp³-hybridized carbons (Fsp3) is 0.364. The lowest BCUT2D eigenvalue weighted by Crippen LogP contribution is -2.22. The monoisotopic (exact) mass is 575 g/mol. The van der Waals surface area contributed by atoms with Crippen molar-refractivity contribution in [2.45, 2.75) is 38.2 Å². The topological polar surface area (TPSA) is 95.9 Å². The summed E-state index contributed by atoms with van der Waals surface area (Å²) in [6.07, 6.45) is 1.59. The van der Waals surface area contributed by atoms with Crippen LogP contribution in [0.5, 0.6) is 28.7 Å². The molecular formula is C33H37NO8. The van der Waals surface area contributed by atoms with E-state index in [0.717, 1.165) is 29.5 Å². The molecule has 0 spiro atoms. The molecule has 1 heterocycles. The summed E-state index contributed by atoms with van der Waals surface area (Å²) < 4.78 is 34.5. The molecule has 1 amide bonds. The Kier molecular flexibility index (Phi) is 10.5. The van der Waals surface area contributed by atoms with E-state index in [4.69, 9.17) is 28.4 Å². The minimum Gasteiger partial charge on any atom is -0.493 e. The van der Waals surface area contributed by atoms with Crippen LogP contribution in [0, 0.1) is 12.0 Å². The molecule has 3 aromatic carbocycles. The van der Waals surface area contributed by atoms with Gasteiger partial charge >= 0.3 is 0 Å². The molecule has 1 saturated heterocycles. The molecule has 2 unspecified atom stereocenters. The Bertz CT molecular complexity index is 1400. The van der Waals surface area contributed by atoms with Gasteiger partial charge in [0.25, 0.3) is 5.91 Å². The first-order valence-electron chi connectivity index (χ1n) is 13.8. The Morgan fingerprint density at radius 2 is 1.57 bits per heavy atom. The fourth-order valence-corrected chi connectivity index (χ4v) is 4.91. The molecule has 222 valence electrons. The van der Waals surface area contributed by atoms with E-state index in [-0.39, 0.29) is 18.4 Å². The second-order valence-electron chi connectivity index (χ2n) is 9.72. The number of nitrogens with zero attached hydrogens (tertiary/aromatic N) is 1. The highest BCUT2D eigenvalue weighted by molar-refractivity contribution is 5.94. The Labute approximate surface area is 246 Å². The van der Waals surface area contributed by atoms with Crippen molar-refractivity contribution < 1.29 is 38.4 Å². The second-order valence-corrected chi connectivity index (χ2v) is 9.72. The molecule has 2 atom stereocenters. The zero-order valence-corrected chi connectivity index (χ0v) is 24.6. The highest BCUT2D eigenvalue weighted by Gasteiger charge is 2.31. The van der Waals surface area contributed by atoms with Crippen molar-refractivity contribution >= 4 is 5.91 Å². The van der Waals surface area contributed by atoms with Crippen molar-refractivity contribution in [2.24, 2.45) is 0 Å². The third-order valence-electron chi connectivity index (χ3n) is 7.03. The maximum absolute atomic E-state index is 12.5. The lowest BCUT2D eigenvalue weighted by atomic mass is 9.91.